The first-order valence-electron chi connectivity index (χ1n) is 10.6. The van der Waals surface area contributed by atoms with Crippen molar-refractivity contribution in [2.24, 2.45) is 5.92 Å². The van der Waals surface area contributed by atoms with Gasteiger partial charge >= 0.3 is 12.1 Å². The van der Waals surface area contributed by atoms with E-state index in [-0.39, 0.29) is 25.0 Å². The smallest absolute Gasteiger partial charge is 0.407 e. The summed E-state index contributed by atoms with van der Waals surface area (Å²) in [4.78, 5) is 38.2. The number of rotatable bonds is 7. The fraction of sp³-hybridized carbons (Fsp3) is 0.375. The minimum atomic E-state index is -0.897. The summed E-state index contributed by atoms with van der Waals surface area (Å²) in [6.45, 7) is 0.726. The van der Waals surface area contributed by atoms with Crippen LogP contribution in [0.1, 0.15) is 23.5 Å². The first kappa shape index (κ1) is 22.2. The van der Waals surface area contributed by atoms with Crippen molar-refractivity contribution >= 4 is 29.7 Å². The molecule has 1 aliphatic heterocycles. The van der Waals surface area contributed by atoms with Crippen LogP contribution in [0.4, 0.5) is 4.79 Å². The third kappa shape index (κ3) is 4.46. The maximum absolute atomic E-state index is 12.9. The van der Waals surface area contributed by atoms with Gasteiger partial charge in [0.05, 0.1) is 5.92 Å². The average Bonchev–Trinajstić information content (AvgIpc) is 3.41. The van der Waals surface area contributed by atoms with Gasteiger partial charge < -0.3 is 20.1 Å². The van der Waals surface area contributed by atoms with Crippen LogP contribution in [0.5, 0.6) is 0 Å². The number of aliphatic carboxylic acids is 1. The number of thioether (sulfide) groups is 1. The number of benzene rings is 2. The van der Waals surface area contributed by atoms with E-state index >= 15 is 0 Å². The van der Waals surface area contributed by atoms with Crippen molar-refractivity contribution in [3.63, 3.8) is 0 Å². The quantitative estimate of drug-likeness (QED) is 0.667. The minimum absolute atomic E-state index is 0.0576. The van der Waals surface area contributed by atoms with Gasteiger partial charge in [-0.05, 0) is 34.9 Å². The van der Waals surface area contributed by atoms with Gasteiger partial charge in [0, 0.05) is 24.8 Å². The van der Waals surface area contributed by atoms with Gasteiger partial charge in [0.2, 0.25) is 5.91 Å². The van der Waals surface area contributed by atoms with Gasteiger partial charge in [0.25, 0.3) is 0 Å². The Morgan fingerprint density at radius 2 is 1.75 bits per heavy atom. The Kier molecular flexibility index (Phi) is 6.69. The molecule has 32 heavy (non-hydrogen) atoms. The lowest BCUT2D eigenvalue weighted by atomic mass is 9.98. The molecule has 2 aromatic carbocycles. The van der Waals surface area contributed by atoms with Gasteiger partial charge in [0.15, 0.2) is 0 Å². The van der Waals surface area contributed by atoms with Crippen LogP contribution >= 0.6 is 11.8 Å². The number of carbonyl (C=O) groups excluding carboxylic acids is 2. The van der Waals surface area contributed by atoms with Crippen LogP contribution in [0, 0.1) is 5.92 Å². The number of carboxylic acid groups (broad SMARTS) is 1. The SMILES string of the molecule is CSCC(NC(=O)OCC1c2ccccc2-c2ccccc21)C(=O)N1CCC(C(=O)O)C1. The van der Waals surface area contributed by atoms with Gasteiger partial charge in [-0.15, -0.1) is 0 Å². The van der Waals surface area contributed by atoms with Crippen LogP contribution < -0.4 is 5.32 Å². The molecule has 0 spiro atoms. The number of ether oxygens (including phenoxy) is 1. The zero-order valence-corrected chi connectivity index (χ0v) is 18.6. The van der Waals surface area contributed by atoms with E-state index in [1.165, 1.54) is 16.7 Å². The van der Waals surface area contributed by atoms with E-state index in [2.05, 4.69) is 17.4 Å². The summed E-state index contributed by atoms with van der Waals surface area (Å²) in [7, 11) is 0. The van der Waals surface area contributed by atoms with E-state index in [9.17, 15) is 19.5 Å². The molecule has 2 unspecified atom stereocenters. The Labute approximate surface area is 191 Å². The molecule has 2 N–H and O–H groups in total. The molecule has 0 radical (unpaired) electrons. The lowest BCUT2D eigenvalue weighted by Crippen LogP contribution is -2.49. The Morgan fingerprint density at radius 1 is 1.12 bits per heavy atom. The van der Waals surface area contributed by atoms with Gasteiger partial charge in [0.1, 0.15) is 12.6 Å². The number of carbonyl (C=O) groups is 3. The number of hydrogen-bond acceptors (Lipinski definition) is 5. The molecule has 1 heterocycles. The van der Waals surface area contributed by atoms with E-state index < -0.39 is 24.0 Å². The number of hydrogen-bond donors (Lipinski definition) is 2. The van der Waals surface area contributed by atoms with Crippen molar-refractivity contribution in [2.45, 2.75) is 18.4 Å². The summed E-state index contributed by atoms with van der Waals surface area (Å²) >= 11 is 1.44. The summed E-state index contributed by atoms with van der Waals surface area (Å²) < 4.78 is 5.56. The number of nitrogens with one attached hydrogen (secondary N) is 1. The van der Waals surface area contributed by atoms with E-state index in [0.717, 1.165) is 22.3 Å². The van der Waals surface area contributed by atoms with E-state index in [1.807, 2.05) is 42.7 Å². The highest BCUT2D eigenvalue weighted by Gasteiger charge is 2.35. The molecular weight excluding hydrogens is 428 g/mol. The molecule has 2 amide bonds. The molecule has 8 heteroatoms. The van der Waals surface area contributed by atoms with Crippen molar-refractivity contribution in [3.05, 3.63) is 59.7 Å². The van der Waals surface area contributed by atoms with Crippen LogP contribution in [0.15, 0.2) is 48.5 Å². The average molecular weight is 455 g/mol. The molecule has 0 saturated carbocycles. The lowest BCUT2D eigenvalue weighted by molar-refractivity contribution is -0.141. The summed E-state index contributed by atoms with van der Waals surface area (Å²) in [6.07, 6.45) is 1.63. The van der Waals surface area contributed by atoms with Crippen LogP contribution in [0.2, 0.25) is 0 Å². The molecule has 1 fully saturated rings. The first-order valence-corrected chi connectivity index (χ1v) is 12.0. The summed E-state index contributed by atoms with van der Waals surface area (Å²) in [5.41, 5.74) is 4.54. The molecule has 1 aliphatic carbocycles. The van der Waals surface area contributed by atoms with E-state index in [1.54, 1.807) is 0 Å². The Hall–Kier alpha value is -3.00. The molecule has 4 rings (SSSR count). The van der Waals surface area contributed by atoms with Crippen molar-refractivity contribution < 1.29 is 24.2 Å². The predicted octanol–water partition coefficient (Wildman–Crippen LogP) is 3.19. The highest BCUT2D eigenvalue weighted by molar-refractivity contribution is 7.98. The number of nitrogens with zero attached hydrogens (tertiary/aromatic N) is 1. The second kappa shape index (κ2) is 9.65. The highest BCUT2D eigenvalue weighted by Crippen LogP contribution is 2.44. The minimum Gasteiger partial charge on any atom is -0.481 e. The third-order valence-corrected chi connectivity index (χ3v) is 6.78. The molecule has 7 nitrogen and oxygen atoms in total. The fourth-order valence-corrected chi connectivity index (χ4v) is 5.07. The number of alkyl carbamates (subject to hydrolysis) is 1. The molecule has 0 bridgehead atoms. The van der Waals surface area contributed by atoms with Crippen molar-refractivity contribution in [3.8, 4) is 11.1 Å². The molecule has 2 atom stereocenters. The van der Waals surface area contributed by atoms with Crippen molar-refractivity contribution in [2.75, 3.05) is 31.7 Å². The fourth-order valence-electron chi connectivity index (χ4n) is 4.51. The normalized spacial score (nSPS) is 18.0. The number of carboxylic acids is 1. The molecule has 2 aliphatic rings. The second-order valence-corrected chi connectivity index (χ2v) is 9.00. The molecule has 2 aromatic rings. The van der Waals surface area contributed by atoms with E-state index in [0.29, 0.717) is 18.7 Å². The van der Waals surface area contributed by atoms with Crippen molar-refractivity contribution in [1.82, 2.24) is 10.2 Å². The van der Waals surface area contributed by atoms with Crippen molar-refractivity contribution in [1.29, 1.82) is 0 Å². The highest BCUT2D eigenvalue weighted by atomic mass is 32.2. The Bertz CT molecular complexity index is 981. The monoisotopic (exact) mass is 454 g/mol. The molecule has 168 valence electrons. The third-order valence-electron chi connectivity index (χ3n) is 6.12. The van der Waals surface area contributed by atoms with Gasteiger partial charge in [-0.2, -0.15) is 11.8 Å². The molecular formula is C24H26N2O5S. The number of likely N-dealkylation sites (tertiary alicyclic amines) is 1. The topological polar surface area (TPSA) is 95.9 Å². The molecule has 0 aromatic heterocycles. The maximum atomic E-state index is 12.9. The van der Waals surface area contributed by atoms with Crippen LogP contribution in [0.25, 0.3) is 11.1 Å². The number of fused-ring (bicyclic) bond motifs is 3. The van der Waals surface area contributed by atoms with Crippen LogP contribution in [0.3, 0.4) is 0 Å². The first-order chi connectivity index (χ1) is 15.5. The predicted molar refractivity (Wildman–Crippen MR) is 123 cm³/mol. The Morgan fingerprint density at radius 3 is 2.31 bits per heavy atom. The maximum Gasteiger partial charge on any atom is 0.407 e. The Balaban J connectivity index is 1.39. The standard InChI is InChI=1S/C24H26N2O5S/c1-32-14-21(22(27)26-11-10-15(12-26)23(28)29)25-24(30)31-13-20-18-8-4-2-6-16(18)17-7-3-5-9-19(17)20/h2-9,15,20-21H,10-14H2,1H3,(H,25,30)(H,28,29). The van der Waals surface area contributed by atoms with Gasteiger partial charge in [-0.1, -0.05) is 48.5 Å². The zero-order chi connectivity index (χ0) is 22.7. The summed E-state index contributed by atoms with van der Waals surface area (Å²) in [5.74, 6) is -1.39. The number of amides is 2. The second-order valence-electron chi connectivity index (χ2n) is 8.09. The zero-order valence-electron chi connectivity index (χ0n) is 17.8. The van der Waals surface area contributed by atoms with Crippen LogP contribution in [-0.2, 0) is 14.3 Å². The van der Waals surface area contributed by atoms with Crippen LogP contribution in [-0.4, -0.2) is 65.7 Å². The lowest BCUT2D eigenvalue weighted by Gasteiger charge is -2.24. The van der Waals surface area contributed by atoms with Gasteiger partial charge in [-0.25, -0.2) is 4.79 Å². The van der Waals surface area contributed by atoms with E-state index in [4.69, 9.17) is 4.74 Å². The summed E-state index contributed by atoms with van der Waals surface area (Å²) in [6, 6.07) is 15.4. The summed E-state index contributed by atoms with van der Waals surface area (Å²) in [5, 5.41) is 11.9. The van der Waals surface area contributed by atoms with Gasteiger partial charge in [-0.3, -0.25) is 9.59 Å². The largest absolute Gasteiger partial charge is 0.481 e. The molecule has 1 saturated heterocycles.